The Bertz CT molecular complexity index is 450. The molecule has 1 aromatic carbocycles. The molecule has 90 valence electrons. The number of rotatable bonds is 5. The maximum atomic E-state index is 12.9. The standard InChI is InChI=1S/C10H13BrFNO2S/c1-2-13(16(14,15)8-11)7-9-4-3-5-10(12)6-9/h3-6H,2,7-8H2,1H3. The van der Waals surface area contributed by atoms with Gasteiger partial charge in [-0.2, -0.15) is 4.31 Å². The molecule has 0 aliphatic heterocycles. The molecule has 6 heteroatoms. The van der Waals surface area contributed by atoms with Gasteiger partial charge < -0.3 is 0 Å². The minimum atomic E-state index is -3.29. The third kappa shape index (κ3) is 3.54. The smallest absolute Gasteiger partial charge is 0.211 e. The Labute approximate surface area is 103 Å². The zero-order valence-electron chi connectivity index (χ0n) is 8.86. The highest BCUT2D eigenvalue weighted by Gasteiger charge is 2.18. The van der Waals surface area contributed by atoms with Crippen LogP contribution in [0.1, 0.15) is 12.5 Å². The molecule has 0 spiro atoms. The summed E-state index contributed by atoms with van der Waals surface area (Å²) in [5.74, 6) is -0.357. The van der Waals surface area contributed by atoms with Gasteiger partial charge in [0.1, 0.15) is 10.5 Å². The highest BCUT2D eigenvalue weighted by molar-refractivity contribution is 9.10. The number of nitrogens with zero attached hydrogens (tertiary/aromatic N) is 1. The fraction of sp³-hybridized carbons (Fsp3) is 0.400. The van der Waals surface area contributed by atoms with Crippen molar-refractivity contribution in [3.8, 4) is 0 Å². The summed E-state index contributed by atoms with van der Waals surface area (Å²) in [5.41, 5.74) is 0.645. The number of sulfonamides is 1. The number of hydrogen-bond acceptors (Lipinski definition) is 2. The molecule has 0 radical (unpaired) electrons. The van der Waals surface area contributed by atoms with Gasteiger partial charge in [0.05, 0.1) is 0 Å². The summed E-state index contributed by atoms with van der Waals surface area (Å²) >= 11 is 2.94. The van der Waals surface area contributed by atoms with Gasteiger partial charge in [0.15, 0.2) is 0 Å². The fourth-order valence-corrected chi connectivity index (χ4v) is 3.06. The Morgan fingerprint density at radius 3 is 2.62 bits per heavy atom. The summed E-state index contributed by atoms with van der Waals surface area (Å²) in [5, 5.41) is 0. The van der Waals surface area contributed by atoms with Gasteiger partial charge in [-0.05, 0) is 17.7 Å². The molecule has 3 nitrogen and oxygen atoms in total. The van der Waals surface area contributed by atoms with Gasteiger partial charge >= 0.3 is 0 Å². The Morgan fingerprint density at radius 1 is 1.44 bits per heavy atom. The molecule has 0 aliphatic rings. The zero-order chi connectivity index (χ0) is 12.2. The lowest BCUT2D eigenvalue weighted by Gasteiger charge is -2.19. The van der Waals surface area contributed by atoms with Gasteiger partial charge in [-0.15, -0.1) is 0 Å². The molecule has 0 aliphatic carbocycles. The summed E-state index contributed by atoms with van der Waals surface area (Å²) in [6, 6.07) is 5.94. The van der Waals surface area contributed by atoms with Crippen LogP contribution in [0.15, 0.2) is 24.3 Å². The first-order valence-corrected chi connectivity index (χ1v) is 7.51. The van der Waals surface area contributed by atoms with Crippen molar-refractivity contribution in [3.05, 3.63) is 35.6 Å². The Kier molecular flexibility index (Phi) is 4.89. The second-order valence-corrected chi connectivity index (χ2v) is 6.55. The highest BCUT2D eigenvalue weighted by atomic mass is 79.9. The van der Waals surface area contributed by atoms with Crippen LogP contribution < -0.4 is 0 Å². The highest BCUT2D eigenvalue weighted by Crippen LogP contribution is 2.12. The largest absolute Gasteiger partial charge is 0.224 e. The Hall–Kier alpha value is -0.460. The quantitative estimate of drug-likeness (QED) is 0.783. The predicted octanol–water partition coefficient (Wildman–Crippen LogP) is 2.33. The number of alkyl halides is 1. The third-order valence-corrected chi connectivity index (χ3v) is 5.32. The molecule has 0 N–H and O–H groups in total. The molecular formula is C10H13BrFNO2S. The van der Waals surface area contributed by atoms with Gasteiger partial charge in [-0.25, -0.2) is 12.8 Å². The molecule has 0 amide bonds. The van der Waals surface area contributed by atoms with E-state index in [-0.39, 0.29) is 17.0 Å². The van der Waals surface area contributed by atoms with E-state index in [1.54, 1.807) is 19.1 Å². The Morgan fingerprint density at radius 2 is 2.12 bits per heavy atom. The van der Waals surface area contributed by atoms with Crippen molar-refractivity contribution in [2.75, 3.05) is 11.2 Å². The monoisotopic (exact) mass is 309 g/mol. The van der Waals surface area contributed by atoms with Crippen molar-refractivity contribution in [3.63, 3.8) is 0 Å². The molecule has 0 aromatic heterocycles. The van der Waals surface area contributed by atoms with Gasteiger partial charge in [0, 0.05) is 13.1 Å². The lowest BCUT2D eigenvalue weighted by Crippen LogP contribution is -2.31. The molecule has 0 bridgehead atoms. The van der Waals surface area contributed by atoms with Crippen LogP contribution in [0.2, 0.25) is 0 Å². The number of halogens is 2. The molecule has 0 heterocycles. The first-order chi connectivity index (χ1) is 7.49. The second-order valence-electron chi connectivity index (χ2n) is 3.28. The minimum absolute atomic E-state index is 0.122. The van der Waals surface area contributed by atoms with Crippen molar-refractivity contribution >= 4 is 26.0 Å². The SMILES string of the molecule is CCN(Cc1cccc(F)c1)S(=O)(=O)CBr. The summed E-state index contributed by atoms with van der Waals surface area (Å²) in [7, 11) is -3.29. The molecule has 0 fully saturated rings. The van der Waals surface area contributed by atoms with E-state index in [0.29, 0.717) is 12.1 Å². The van der Waals surface area contributed by atoms with Gasteiger partial charge in [0.25, 0.3) is 0 Å². The lowest BCUT2D eigenvalue weighted by atomic mass is 10.2. The minimum Gasteiger partial charge on any atom is -0.211 e. The van der Waals surface area contributed by atoms with E-state index in [4.69, 9.17) is 0 Å². The van der Waals surface area contributed by atoms with E-state index in [9.17, 15) is 12.8 Å². The molecular weight excluding hydrogens is 297 g/mol. The van der Waals surface area contributed by atoms with Crippen LogP contribution >= 0.6 is 15.9 Å². The van der Waals surface area contributed by atoms with Gasteiger partial charge in [0.2, 0.25) is 10.0 Å². The maximum absolute atomic E-state index is 12.9. The van der Waals surface area contributed by atoms with E-state index in [1.165, 1.54) is 16.4 Å². The molecule has 0 unspecified atom stereocenters. The van der Waals surface area contributed by atoms with Crippen LogP contribution in [0.3, 0.4) is 0 Å². The van der Waals surface area contributed by atoms with Crippen LogP contribution in [0.25, 0.3) is 0 Å². The first kappa shape index (κ1) is 13.6. The zero-order valence-corrected chi connectivity index (χ0v) is 11.3. The van der Waals surface area contributed by atoms with Crippen LogP contribution in [0.5, 0.6) is 0 Å². The summed E-state index contributed by atoms with van der Waals surface area (Å²) < 4.78 is 37.3. The first-order valence-electron chi connectivity index (χ1n) is 4.78. The van der Waals surface area contributed by atoms with E-state index in [0.717, 1.165) is 0 Å². The van der Waals surface area contributed by atoms with Crippen LogP contribution in [0.4, 0.5) is 4.39 Å². The topological polar surface area (TPSA) is 37.4 Å². The van der Waals surface area contributed by atoms with E-state index < -0.39 is 10.0 Å². The molecule has 0 saturated heterocycles. The lowest BCUT2D eigenvalue weighted by molar-refractivity contribution is 0.426. The molecule has 1 aromatic rings. The summed E-state index contributed by atoms with van der Waals surface area (Å²) in [6.07, 6.45) is 0. The van der Waals surface area contributed by atoms with Gasteiger partial charge in [-0.3, -0.25) is 0 Å². The fourth-order valence-electron chi connectivity index (χ4n) is 1.31. The predicted molar refractivity (Wildman–Crippen MR) is 65.2 cm³/mol. The van der Waals surface area contributed by atoms with Crippen molar-refractivity contribution in [2.24, 2.45) is 0 Å². The third-order valence-electron chi connectivity index (χ3n) is 2.13. The van der Waals surface area contributed by atoms with E-state index >= 15 is 0 Å². The van der Waals surface area contributed by atoms with Gasteiger partial charge in [-0.1, -0.05) is 35.0 Å². The van der Waals surface area contributed by atoms with Crippen molar-refractivity contribution in [1.82, 2.24) is 4.31 Å². The molecule has 0 saturated carbocycles. The second kappa shape index (κ2) is 5.75. The number of benzene rings is 1. The van der Waals surface area contributed by atoms with E-state index in [1.807, 2.05) is 0 Å². The van der Waals surface area contributed by atoms with Crippen LogP contribution in [-0.2, 0) is 16.6 Å². The Balaban J connectivity index is 2.87. The molecule has 1 rings (SSSR count). The van der Waals surface area contributed by atoms with Crippen LogP contribution in [0, 0.1) is 5.82 Å². The average Bonchev–Trinajstić information content (AvgIpc) is 2.25. The summed E-state index contributed by atoms with van der Waals surface area (Å²) in [4.78, 5) is 0. The van der Waals surface area contributed by atoms with Crippen LogP contribution in [-0.4, -0.2) is 23.9 Å². The summed E-state index contributed by atoms with van der Waals surface area (Å²) in [6.45, 7) is 2.31. The average molecular weight is 310 g/mol. The number of hydrogen-bond donors (Lipinski definition) is 0. The molecule has 0 atom stereocenters. The normalized spacial score (nSPS) is 12.0. The van der Waals surface area contributed by atoms with Crippen molar-refractivity contribution < 1.29 is 12.8 Å². The van der Waals surface area contributed by atoms with Crippen molar-refractivity contribution in [1.29, 1.82) is 0 Å². The van der Waals surface area contributed by atoms with E-state index in [2.05, 4.69) is 15.9 Å². The maximum Gasteiger partial charge on any atom is 0.224 e. The van der Waals surface area contributed by atoms with Crippen molar-refractivity contribution in [2.45, 2.75) is 13.5 Å². The molecule has 16 heavy (non-hydrogen) atoms.